The van der Waals surface area contributed by atoms with Crippen LogP contribution in [0.4, 0.5) is 0 Å². The van der Waals surface area contributed by atoms with Gasteiger partial charge in [-0.15, -0.1) is 0 Å². The first-order chi connectivity index (χ1) is 24.4. The highest BCUT2D eigenvalue weighted by Gasteiger charge is 2.19. The molecule has 7 heteroatoms. The van der Waals surface area contributed by atoms with Gasteiger partial charge in [0.25, 0.3) is 0 Å². The highest BCUT2D eigenvalue weighted by molar-refractivity contribution is 5.83. The molecule has 0 aromatic carbocycles. The van der Waals surface area contributed by atoms with Crippen molar-refractivity contribution in [2.45, 2.75) is 187 Å². The zero-order valence-electron chi connectivity index (χ0n) is 32.0. The van der Waals surface area contributed by atoms with Crippen molar-refractivity contribution in [3.63, 3.8) is 0 Å². The summed E-state index contributed by atoms with van der Waals surface area (Å²) >= 11 is 0. The van der Waals surface area contributed by atoms with E-state index in [1.54, 1.807) is 0 Å². The fourth-order valence-electron chi connectivity index (χ4n) is 5.54. The summed E-state index contributed by atoms with van der Waals surface area (Å²) in [5.74, 6) is -1.30. The number of nitrogens with one attached hydrogen (secondary N) is 1. The number of nitrogens with two attached hydrogens (primary N) is 1. The molecule has 0 fully saturated rings. The Balaban J connectivity index is 4.49. The van der Waals surface area contributed by atoms with Gasteiger partial charge >= 0.3 is 11.9 Å². The summed E-state index contributed by atoms with van der Waals surface area (Å²) in [4.78, 5) is 36.2. The van der Waals surface area contributed by atoms with E-state index in [1.807, 2.05) is 0 Å². The van der Waals surface area contributed by atoms with Gasteiger partial charge in [-0.1, -0.05) is 126 Å². The van der Waals surface area contributed by atoms with Gasteiger partial charge in [0.2, 0.25) is 5.91 Å². The smallest absolute Gasteiger partial charge is 0.326 e. The summed E-state index contributed by atoms with van der Waals surface area (Å²) in [5.41, 5.74) is 5.47. The van der Waals surface area contributed by atoms with Gasteiger partial charge in [0.1, 0.15) is 12.1 Å². The number of aliphatic carboxylic acids is 1. The summed E-state index contributed by atoms with van der Waals surface area (Å²) < 4.78 is 5.98. The SMILES string of the molecule is CC/C=C\C/C=C\C/C=C\C/C=C\CCC(CCCCCCCC(=O)NC(CCCN)C(=O)O)OC(=O)CCCCCCC/C=C\CCCC. The number of allylic oxidation sites excluding steroid dienone is 10. The molecule has 0 bridgehead atoms. The fourth-order valence-corrected chi connectivity index (χ4v) is 5.54. The second kappa shape index (κ2) is 37.3. The molecule has 286 valence electrons. The zero-order chi connectivity index (χ0) is 36.8. The maximum Gasteiger partial charge on any atom is 0.326 e. The molecule has 50 heavy (non-hydrogen) atoms. The maximum atomic E-state index is 12.7. The van der Waals surface area contributed by atoms with Crippen LogP contribution in [0.25, 0.3) is 0 Å². The molecule has 2 unspecified atom stereocenters. The van der Waals surface area contributed by atoms with Crippen molar-refractivity contribution in [1.82, 2.24) is 5.32 Å². The lowest BCUT2D eigenvalue weighted by molar-refractivity contribution is -0.150. The van der Waals surface area contributed by atoms with Crippen LogP contribution >= 0.6 is 0 Å². The van der Waals surface area contributed by atoms with E-state index in [1.165, 1.54) is 38.5 Å². The quantitative estimate of drug-likeness (QED) is 0.0344. The molecule has 2 atom stereocenters. The Bertz CT molecular complexity index is 968. The van der Waals surface area contributed by atoms with Crippen molar-refractivity contribution in [3.8, 4) is 0 Å². The molecule has 0 aromatic heterocycles. The van der Waals surface area contributed by atoms with Crippen molar-refractivity contribution in [2.75, 3.05) is 6.54 Å². The largest absolute Gasteiger partial charge is 0.480 e. The van der Waals surface area contributed by atoms with Crippen molar-refractivity contribution >= 4 is 17.8 Å². The third-order valence-electron chi connectivity index (χ3n) is 8.58. The van der Waals surface area contributed by atoms with E-state index in [2.05, 4.69) is 79.9 Å². The predicted molar refractivity (Wildman–Crippen MR) is 211 cm³/mol. The summed E-state index contributed by atoms with van der Waals surface area (Å²) in [7, 11) is 0. The van der Waals surface area contributed by atoms with Gasteiger partial charge in [-0.25, -0.2) is 4.79 Å². The van der Waals surface area contributed by atoms with E-state index in [9.17, 15) is 19.5 Å². The number of hydrogen-bond donors (Lipinski definition) is 3. The number of carbonyl (C=O) groups is 3. The molecule has 0 saturated carbocycles. The number of ether oxygens (including phenoxy) is 1. The van der Waals surface area contributed by atoms with Crippen molar-refractivity contribution in [1.29, 1.82) is 0 Å². The number of hydrogen-bond acceptors (Lipinski definition) is 5. The standard InChI is InChI=1S/C43H74N2O5/c1-3-5-7-9-11-13-15-16-18-19-21-24-28-33-39(50-42(47)37-31-27-22-20-17-14-12-10-8-6-4-2)34-29-25-23-26-30-36-41(46)45-40(43(48)49)35-32-38-44/h5,7,10-13,16,18,21,24,39-40H,3-4,6,8-9,14-15,17,19-20,22-23,25-38,44H2,1-2H3,(H,45,46)(H,48,49)/b7-5-,12-10-,13-11-,18-16-,24-21-. The van der Waals surface area contributed by atoms with Crippen molar-refractivity contribution in [2.24, 2.45) is 5.73 Å². The van der Waals surface area contributed by atoms with E-state index in [4.69, 9.17) is 10.5 Å². The molecule has 0 heterocycles. The van der Waals surface area contributed by atoms with E-state index in [0.717, 1.165) is 96.3 Å². The lowest BCUT2D eigenvalue weighted by atomic mass is 10.0. The van der Waals surface area contributed by atoms with Gasteiger partial charge in [-0.05, 0) is 103 Å². The first-order valence-electron chi connectivity index (χ1n) is 20.1. The second-order valence-electron chi connectivity index (χ2n) is 13.3. The molecule has 0 spiro atoms. The topological polar surface area (TPSA) is 119 Å². The van der Waals surface area contributed by atoms with E-state index in [0.29, 0.717) is 32.2 Å². The third kappa shape index (κ3) is 33.6. The molecule has 0 rings (SSSR count). The Morgan fingerprint density at radius 1 is 0.600 bits per heavy atom. The molecule has 0 aliphatic heterocycles. The first-order valence-corrected chi connectivity index (χ1v) is 20.1. The van der Waals surface area contributed by atoms with Crippen LogP contribution in [0, 0.1) is 0 Å². The second-order valence-corrected chi connectivity index (χ2v) is 13.3. The number of esters is 1. The minimum absolute atomic E-state index is 0.0682. The lowest BCUT2D eigenvalue weighted by Crippen LogP contribution is -2.40. The number of carboxylic acids is 1. The minimum Gasteiger partial charge on any atom is -0.480 e. The number of carboxylic acid groups (broad SMARTS) is 1. The monoisotopic (exact) mass is 699 g/mol. The van der Waals surface area contributed by atoms with Crippen molar-refractivity contribution in [3.05, 3.63) is 60.8 Å². The summed E-state index contributed by atoms with van der Waals surface area (Å²) in [6, 6.07) is -0.866. The Morgan fingerprint density at radius 3 is 1.76 bits per heavy atom. The summed E-state index contributed by atoms with van der Waals surface area (Å²) in [6.07, 6.45) is 45.5. The average molecular weight is 699 g/mol. The van der Waals surface area contributed by atoms with Gasteiger partial charge < -0.3 is 20.9 Å². The van der Waals surface area contributed by atoms with Crippen LogP contribution in [-0.4, -0.2) is 41.6 Å². The van der Waals surface area contributed by atoms with Gasteiger partial charge in [-0.3, -0.25) is 9.59 Å². The normalized spacial score (nSPS) is 13.3. The maximum absolute atomic E-state index is 12.7. The molecule has 0 aliphatic rings. The van der Waals surface area contributed by atoms with Crippen molar-refractivity contribution < 1.29 is 24.2 Å². The first kappa shape index (κ1) is 47.1. The molecule has 1 amide bonds. The average Bonchev–Trinajstić information content (AvgIpc) is 3.10. The number of carbonyl (C=O) groups excluding carboxylic acids is 2. The van der Waals surface area contributed by atoms with Gasteiger partial charge in [0.15, 0.2) is 0 Å². The molecule has 4 N–H and O–H groups in total. The molecule has 0 saturated heterocycles. The minimum atomic E-state index is -1.01. The van der Waals surface area contributed by atoms with Crippen LogP contribution in [0.15, 0.2) is 60.8 Å². The van der Waals surface area contributed by atoms with Crippen LogP contribution in [0.3, 0.4) is 0 Å². The molecule has 7 nitrogen and oxygen atoms in total. The predicted octanol–water partition coefficient (Wildman–Crippen LogP) is 11.0. The Morgan fingerprint density at radius 2 is 1.14 bits per heavy atom. The molecule has 0 radical (unpaired) electrons. The molecule has 0 aliphatic carbocycles. The Hall–Kier alpha value is -2.93. The number of unbranched alkanes of at least 4 members (excludes halogenated alkanes) is 11. The molecular formula is C43H74N2O5. The van der Waals surface area contributed by atoms with Crippen LogP contribution < -0.4 is 11.1 Å². The number of rotatable bonds is 35. The number of amides is 1. The van der Waals surface area contributed by atoms with E-state index in [-0.39, 0.29) is 18.0 Å². The fraction of sp³-hybridized carbons (Fsp3) is 0.698. The third-order valence-corrected chi connectivity index (χ3v) is 8.58. The molecular weight excluding hydrogens is 624 g/mol. The van der Waals surface area contributed by atoms with E-state index < -0.39 is 12.0 Å². The zero-order valence-corrected chi connectivity index (χ0v) is 32.0. The van der Waals surface area contributed by atoms with Gasteiger partial charge in [-0.2, -0.15) is 0 Å². The van der Waals surface area contributed by atoms with Crippen LogP contribution in [0.1, 0.15) is 174 Å². The van der Waals surface area contributed by atoms with Crippen LogP contribution in [-0.2, 0) is 19.1 Å². The van der Waals surface area contributed by atoms with Gasteiger partial charge in [0.05, 0.1) is 0 Å². The van der Waals surface area contributed by atoms with E-state index >= 15 is 0 Å². The molecule has 0 aromatic rings. The highest BCUT2D eigenvalue weighted by Crippen LogP contribution is 2.17. The highest BCUT2D eigenvalue weighted by atomic mass is 16.5. The Kier molecular flexibility index (Phi) is 35.1. The summed E-state index contributed by atoms with van der Waals surface area (Å²) in [6.45, 7) is 4.77. The summed E-state index contributed by atoms with van der Waals surface area (Å²) in [5, 5.41) is 11.9. The Labute approximate surface area is 306 Å². The van der Waals surface area contributed by atoms with Crippen LogP contribution in [0.5, 0.6) is 0 Å². The van der Waals surface area contributed by atoms with Gasteiger partial charge in [0, 0.05) is 12.8 Å². The lowest BCUT2D eigenvalue weighted by Gasteiger charge is -2.17. The van der Waals surface area contributed by atoms with Crippen LogP contribution in [0.2, 0.25) is 0 Å².